The predicted molar refractivity (Wildman–Crippen MR) is 82.4 cm³/mol. The van der Waals surface area contributed by atoms with Gasteiger partial charge >= 0.3 is 0 Å². The number of aliphatic hydroxyl groups is 3. The molecule has 1 rings (SSSR count). The zero-order chi connectivity index (χ0) is 18.1. The molecule has 2 amide bonds. The molecule has 140 valence electrons. The van der Waals surface area contributed by atoms with Crippen LogP contribution in [0.25, 0.3) is 0 Å². The van der Waals surface area contributed by atoms with Crippen molar-refractivity contribution in [3.8, 4) is 0 Å². The lowest BCUT2D eigenvalue weighted by molar-refractivity contribution is -0.266. The molecule has 10 heteroatoms. The molecule has 0 aromatic heterocycles. The van der Waals surface area contributed by atoms with E-state index < -0.39 is 49.1 Å². The smallest absolute Gasteiger partial charge is 0.247 e. The fraction of sp³-hybridized carbons (Fsp3) is 0.857. The van der Waals surface area contributed by atoms with Gasteiger partial charge in [-0.3, -0.25) is 9.59 Å². The van der Waals surface area contributed by atoms with Crippen LogP contribution in [0.4, 0.5) is 0 Å². The monoisotopic (exact) mass is 349 g/mol. The highest BCUT2D eigenvalue weighted by atomic mass is 16.7. The first kappa shape index (κ1) is 20.7. The first-order valence-electron chi connectivity index (χ1n) is 7.93. The fourth-order valence-corrected chi connectivity index (χ4v) is 2.29. The molecule has 0 saturated carbocycles. The van der Waals surface area contributed by atoms with Crippen LogP contribution in [-0.4, -0.2) is 77.5 Å². The zero-order valence-corrected chi connectivity index (χ0v) is 13.5. The van der Waals surface area contributed by atoms with Crippen molar-refractivity contribution in [2.24, 2.45) is 11.5 Å². The van der Waals surface area contributed by atoms with Crippen LogP contribution in [0.3, 0.4) is 0 Å². The van der Waals surface area contributed by atoms with Gasteiger partial charge in [-0.05, 0) is 19.4 Å². The predicted octanol–water partition coefficient (Wildman–Crippen LogP) is -3.07. The van der Waals surface area contributed by atoms with E-state index in [0.717, 1.165) is 12.8 Å². The Morgan fingerprint density at radius 1 is 1.33 bits per heavy atom. The quantitative estimate of drug-likeness (QED) is 0.225. The summed E-state index contributed by atoms with van der Waals surface area (Å²) in [6, 6.07) is 0. The van der Waals surface area contributed by atoms with E-state index in [4.69, 9.17) is 26.0 Å². The third kappa shape index (κ3) is 6.67. The second-order valence-electron chi connectivity index (χ2n) is 5.66. The molecule has 1 heterocycles. The number of carbonyl (C=O) groups is 2. The van der Waals surface area contributed by atoms with Gasteiger partial charge in [-0.25, -0.2) is 0 Å². The van der Waals surface area contributed by atoms with Crippen molar-refractivity contribution in [2.75, 3.05) is 19.7 Å². The minimum absolute atomic E-state index is 0.112. The van der Waals surface area contributed by atoms with Crippen molar-refractivity contribution >= 4 is 11.8 Å². The molecule has 8 N–H and O–H groups in total. The van der Waals surface area contributed by atoms with Crippen LogP contribution in [0.2, 0.25) is 0 Å². The molecule has 10 nitrogen and oxygen atoms in total. The van der Waals surface area contributed by atoms with Crippen LogP contribution in [0.5, 0.6) is 0 Å². The minimum Gasteiger partial charge on any atom is -0.394 e. The first-order valence-corrected chi connectivity index (χ1v) is 7.93. The number of hydrogen-bond acceptors (Lipinski definition) is 8. The summed E-state index contributed by atoms with van der Waals surface area (Å²) in [5, 5.41) is 31.1. The van der Waals surface area contributed by atoms with E-state index in [9.17, 15) is 19.8 Å². The maximum atomic E-state index is 11.8. The summed E-state index contributed by atoms with van der Waals surface area (Å²) in [5.74, 6) is -1.26. The van der Waals surface area contributed by atoms with Crippen molar-refractivity contribution < 1.29 is 34.4 Å². The maximum absolute atomic E-state index is 11.8. The van der Waals surface area contributed by atoms with Crippen molar-refractivity contribution in [2.45, 2.75) is 56.4 Å². The van der Waals surface area contributed by atoms with E-state index in [1.165, 1.54) is 0 Å². The van der Waals surface area contributed by atoms with Gasteiger partial charge in [-0.1, -0.05) is 0 Å². The molecule has 24 heavy (non-hydrogen) atoms. The van der Waals surface area contributed by atoms with Gasteiger partial charge in [0, 0.05) is 13.0 Å². The number of aliphatic hydroxyl groups excluding tert-OH is 3. The Kier molecular flexibility index (Phi) is 9.11. The highest BCUT2D eigenvalue weighted by Gasteiger charge is 2.38. The van der Waals surface area contributed by atoms with Crippen LogP contribution in [0.1, 0.15) is 25.7 Å². The van der Waals surface area contributed by atoms with Crippen molar-refractivity contribution in [3.05, 3.63) is 0 Å². The Balaban J connectivity index is 2.50. The SMILES string of the molecule is NCCCCNC(=O)C[C@H](O[C@H]1C[C@@H](O)[C@@H](O)[C@@H](CO)O1)C(N)=O. The van der Waals surface area contributed by atoms with Crippen LogP contribution < -0.4 is 16.8 Å². The summed E-state index contributed by atoms with van der Waals surface area (Å²) < 4.78 is 10.6. The standard InChI is InChI=1S/C14H27N3O7/c15-3-1-2-4-17-11(20)6-9(14(16)22)23-12-5-8(19)13(21)10(7-18)24-12/h8-10,12-13,18-19,21H,1-7,15H2,(H2,16,22)(H,17,20)/t8-,9+,10-,12-,13-/m1/s1. The second kappa shape index (κ2) is 10.5. The van der Waals surface area contributed by atoms with Gasteiger partial charge in [-0.15, -0.1) is 0 Å². The summed E-state index contributed by atoms with van der Waals surface area (Å²) >= 11 is 0. The molecule has 0 bridgehead atoms. The van der Waals surface area contributed by atoms with Gasteiger partial charge in [0.2, 0.25) is 11.8 Å². The Morgan fingerprint density at radius 2 is 2.04 bits per heavy atom. The molecule has 0 spiro atoms. The number of nitrogens with two attached hydrogens (primary N) is 2. The molecular weight excluding hydrogens is 322 g/mol. The van der Waals surface area contributed by atoms with Crippen LogP contribution in [0, 0.1) is 0 Å². The van der Waals surface area contributed by atoms with Gasteiger partial charge in [0.15, 0.2) is 6.29 Å². The summed E-state index contributed by atoms with van der Waals surface area (Å²) in [5.41, 5.74) is 10.6. The van der Waals surface area contributed by atoms with E-state index in [1.54, 1.807) is 0 Å². The summed E-state index contributed by atoms with van der Waals surface area (Å²) in [6.45, 7) is 0.433. The van der Waals surface area contributed by atoms with Gasteiger partial charge < -0.3 is 41.6 Å². The van der Waals surface area contributed by atoms with Crippen molar-refractivity contribution in [3.63, 3.8) is 0 Å². The normalized spacial score (nSPS) is 28.3. The lowest BCUT2D eigenvalue weighted by Gasteiger charge is -2.37. The zero-order valence-electron chi connectivity index (χ0n) is 13.5. The third-order valence-electron chi connectivity index (χ3n) is 3.67. The fourth-order valence-electron chi connectivity index (χ4n) is 2.29. The topological polar surface area (TPSA) is 177 Å². The van der Waals surface area contributed by atoms with Crippen LogP contribution in [0.15, 0.2) is 0 Å². The average molecular weight is 349 g/mol. The van der Waals surface area contributed by atoms with E-state index in [0.29, 0.717) is 13.1 Å². The van der Waals surface area contributed by atoms with Gasteiger partial charge in [0.05, 0.1) is 19.1 Å². The lowest BCUT2D eigenvalue weighted by Crippen LogP contribution is -2.52. The second-order valence-corrected chi connectivity index (χ2v) is 5.66. The number of unbranched alkanes of at least 4 members (excludes halogenated alkanes) is 1. The number of ether oxygens (including phenoxy) is 2. The van der Waals surface area contributed by atoms with E-state index in [1.807, 2.05) is 0 Å². The van der Waals surface area contributed by atoms with Crippen LogP contribution in [-0.2, 0) is 19.1 Å². The van der Waals surface area contributed by atoms with Gasteiger partial charge in [0.25, 0.3) is 0 Å². The summed E-state index contributed by atoms with van der Waals surface area (Å²) in [6.07, 6.45) is -4.70. The molecule has 0 aromatic carbocycles. The van der Waals surface area contributed by atoms with E-state index in [2.05, 4.69) is 5.32 Å². The largest absolute Gasteiger partial charge is 0.394 e. The number of amides is 2. The molecule has 0 radical (unpaired) electrons. The highest BCUT2D eigenvalue weighted by Crippen LogP contribution is 2.22. The summed E-state index contributed by atoms with van der Waals surface area (Å²) in [7, 11) is 0. The molecule has 1 aliphatic heterocycles. The van der Waals surface area contributed by atoms with Crippen molar-refractivity contribution in [1.29, 1.82) is 0 Å². The lowest BCUT2D eigenvalue weighted by atomic mass is 10.0. The first-order chi connectivity index (χ1) is 11.4. The van der Waals surface area contributed by atoms with E-state index in [-0.39, 0.29) is 12.8 Å². The number of primary amides is 1. The number of rotatable bonds is 10. The number of nitrogens with one attached hydrogen (secondary N) is 1. The summed E-state index contributed by atoms with van der Waals surface area (Å²) in [4.78, 5) is 23.3. The third-order valence-corrected chi connectivity index (χ3v) is 3.67. The Bertz CT molecular complexity index is 410. The van der Waals surface area contributed by atoms with Crippen LogP contribution >= 0.6 is 0 Å². The Labute approximate surface area is 140 Å². The Hall–Kier alpha value is -1.30. The molecule has 1 saturated heterocycles. The maximum Gasteiger partial charge on any atom is 0.247 e. The molecule has 5 atom stereocenters. The highest BCUT2D eigenvalue weighted by molar-refractivity contribution is 5.86. The molecule has 0 unspecified atom stereocenters. The van der Waals surface area contributed by atoms with E-state index >= 15 is 0 Å². The van der Waals surface area contributed by atoms with Gasteiger partial charge in [-0.2, -0.15) is 0 Å². The molecular formula is C14H27N3O7. The average Bonchev–Trinajstić information content (AvgIpc) is 2.54. The Morgan fingerprint density at radius 3 is 2.62 bits per heavy atom. The van der Waals surface area contributed by atoms with Gasteiger partial charge in [0.1, 0.15) is 18.3 Å². The molecule has 1 fully saturated rings. The minimum atomic E-state index is -1.26. The number of hydrogen-bond donors (Lipinski definition) is 6. The van der Waals surface area contributed by atoms with Crippen molar-refractivity contribution in [1.82, 2.24) is 5.32 Å². The number of carbonyl (C=O) groups excluding carboxylic acids is 2. The molecule has 0 aromatic rings. The molecule has 0 aliphatic carbocycles. The molecule has 1 aliphatic rings.